The first kappa shape index (κ1) is 19.0. The molecule has 0 spiro atoms. The van der Waals surface area contributed by atoms with Gasteiger partial charge in [0, 0.05) is 50.0 Å². The standard InChI is InChI=1S/C24H23N3O2/c28-23(19-8-2-1-3-9-19)21-11-4-5-12-22(21)24(29)27-16-14-26(15-17-27)18-20-10-6-7-13-25-20/h1-13H,14-18H2. The van der Waals surface area contributed by atoms with Crippen LogP contribution in [0.5, 0.6) is 0 Å². The Morgan fingerprint density at radius 3 is 2.10 bits per heavy atom. The normalized spacial score (nSPS) is 14.6. The molecule has 0 N–H and O–H groups in total. The van der Waals surface area contributed by atoms with Crippen molar-refractivity contribution in [3.63, 3.8) is 0 Å². The summed E-state index contributed by atoms with van der Waals surface area (Å²) in [5, 5.41) is 0. The van der Waals surface area contributed by atoms with Crippen LogP contribution in [0.1, 0.15) is 32.0 Å². The highest BCUT2D eigenvalue weighted by Gasteiger charge is 2.25. The maximum atomic E-state index is 13.2. The van der Waals surface area contributed by atoms with E-state index in [1.807, 2.05) is 47.4 Å². The van der Waals surface area contributed by atoms with Crippen LogP contribution in [-0.4, -0.2) is 52.7 Å². The van der Waals surface area contributed by atoms with Gasteiger partial charge in [-0.3, -0.25) is 19.5 Å². The summed E-state index contributed by atoms with van der Waals surface area (Å²) in [6.07, 6.45) is 1.80. The lowest BCUT2D eigenvalue weighted by Crippen LogP contribution is -2.48. The molecule has 2 aromatic carbocycles. The first-order valence-corrected chi connectivity index (χ1v) is 9.83. The topological polar surface area (TPSA) is 53.5 Å². The molecule has 5 nitrogen and oxygen atoms in total. The van der Waals surface area contributed by atoms with E-state index >= 15 is 0 Å². The Labute approximate surface area is 170 Å². The Morgan fingerprint density at radius 2 is 1.41 bits per heavy atom. The zero-order valence-electron chi connectivity index (χ0n) is 16.2. The van der Waals surface area contributed by atoms with E-state index in [4.69, 9.17) is 0 Å². The van der Waals surface area contributed by atoms with Crippen LogP contribution in [0.25, 0.3) is 0 Å². The highest BCUT2D eigenvalue weighted by molar-refractivity contribution is 6.15. The molecule has 1 saturated heterocycles. The number of benzene rings is 2. The summed E-state index contributed by atoms with van der Waals surface area (Å²) in [6, 6.07) is 22.1. The van der Waals surface area contributed by atoms with Crippen molar-refractivity contribution in [1.29, 1.82) is 0 Å². The fourth-order valence-corrected chi connectivity index (χ4v) is 3.61. The van der Waals surface area contributed by atoms with Crippen molar-refractivity contribution in [2.24, 2.45) is 0 Å². The molecule has 2 heterocycles. The fraction of sp³-hybridized carbons (Fsp3) is 0.208. The summed E-state index contributed by atoms with van der Waals surface area (Å²) < 4.78 is 0. The third kappa shape index (κ3) is 4.41. The maximum absolute atomic E-state index is 13.2. The smallest absolute Gasteiger partial charge is 0.254 e. The molecule has 0 saturated carbocycles. The summed E-state index contributed by atoms with van der Waals surface area (Å²) in [5.41, 5.74) is 2.55. The number of ketones is 1. The number of carbonyl (C=O) groups is 2. The molecular formula is C24H23N3O2. The van der Waals surface area contributed by atoms with Gasteiger partial charge < -0.3 is 4.90 Å². The van der Waals surface area contributed by atoms with E-state index in [0.717, 1.165) is 25.3 Å². The molecule has 0 unspecified atom stereocenters. The van der Waals surface area contributed by atoms with E-state index in [9.17, 15) is 9.59 Å². The van der Waals surface area contributed by atoms with Gasteiger partial charge in [-0.1, -0.05) is 54.6 Å². The number of hydrogen-bond acceptors (Lipinski definition) is 4. The number of pyridine rings is 1. The van der Waals surface area contributed by atoms with E-state index in [1.165, 1.54) is 0 Å². The molecule has 29 heavy (non-hydrogen) atoms. The van der Waals surface area contributed by atoms with E-state index in [1.54, 1.807) is 36.5 Å². The Hall–Kier alpha value is -3.31. The number of piperazine rings is 1. The number of aromatic nitrogens is 1. The number of hydrogen-bond donors (Lipinski definition) is 0. The van der Waals surface area contributed by atoms with Crippen molar-refractivity contribution in [3.05, 3.63) is 101 Å². The number of nitrogens with zero attached hydrogens (tertiary/aromatic N) is 3. The van der Waals surface area contributed by atoms with Crippen molar-refractivity contribution < 1.29 is 9.59 Å². The molecule has 3 aromatic rings. The quantitative estimate of drug-likeness (QED) is 0.633. The molecule has 1 aromatic heterocycles. The van der Waals surface area contributed by atoms with Gasteiger partial charge in [0.25, 0.3) is 5.91 Å². The van der Waals surface area contributed by atoms with Crippen molar-refractivity contribution in [1.82, 2.24) is 14.8 Å². The second-order valence-electron chi connectivity index (χ2n) is 7.13. The van der Waals surface area contributed by atoms with Gasteiger partial charge in [-0.25, -0.2) is 0 Å². The van der Waals surface area contributed by atoms with Gasteiger partial charge in [0.05, 0.1) is 11.3 Å². The maximum Gasteiger partial charge on any atom is 0.254 e. The Kier molecular flexibility index (Phi) is 5.77. The highest BCUT2D eigenvalue weighted by Crippen LogP contribution is 2.18. The van der Waals surface area contributed by atoms with Crippen LogP contribution >= 0.6 is 0 Å². The van der Waals surface area contributed by atoms with Crippen LogP contribution < -0.4 is 0 Å². The molecular weight excluding hydrogens is 362 g/mol. The summed E-state index contributed by atoms with van der Waals surface area (Å²) >= 11 is 0. The summed E-state index contributed by atoms with van der Waals surface area (Å²) in [7, 11) is 0. The van der Waals surface area contributed by atoms with Crippen molar-refractivity contribution in [2.45, 2.75) is 6.54 Å². The molecule has 1 amide bonds. The fourth-order valence-electron chi connectivity index (χ4n) is 3.61. The molecule has 146 valence electrons. The monoisotopic (exact) mass is 385 g/mol. The first-order chi connectivity index (χ1) is 14.2. The van der Waals surface area contributed by atoms with Crippen molar-refractivity contribution >= 4 is 11.7 Å². The SMILES string of the molecule is O=C(c1ccccc1)c1ccccc1C(=O)N1CCN(Cc2ccccn2)CC1. The lowest BCUT2D eigenvalue weighted by Gasteiger charge is -2.34. The summed E-state index contributed by atoms with van der Waals surface area (Å²) in [4.78, 5) is 34.6. The summed E-state index contributed by atoms with van der Waals surface area (Å²) in [5.74, 6) is -0.203. The van der Waals surface area contributed by atoms with Crippen molar-refractivity contribution in [2.75, 3.05) is 26.2 Å². The predicted molar refractivity (Wildman–Crippen MR) is 112 cm³/mol. The lowest BCUT2D eigenvalue weighted by atomic mass is 9.97. The highest BCUT2D eigenvalue weighted by atomic mass is 16.2. The van der Waals surface area contributed by atoms with Gasteiger partial charge in [-0.2, -0.15) is 0 Å². The molecule has 0 bridgehead atoms. The molecule has 1 aliphatic rings. The molecule has 0 aliphatic carbocycles. The number of rotatable bonds is 5. The van der Waals surface area contributed by atoms with Crippen LogP contribution in [0.4, 0.5) is 0 Å². The van der Waals surface area contributed by atoms with E-state index in [0.29, 0.717) is 29.8 Å². The number of amides is 1. The Balaban J connectivity index is 1.45. The molecule has 1 fully saturated rings. The largest absolute Gasteiger partial charge is 0.336 e. The van der Waals surface area contributed by atoms with Gasteiger partial charge in [-0.05, 0) is 18.2 Å². The van der Waals surface area contributed by atoms with E-state index < -0.39 is 0 Å². The molecule has 0 radical (unpaired) electrons. The molecule has 1 aliphatic heterocycles. The van der Waals surface area contributed by atoms with Crippen LogP contribution in [0.3, 0.4) is 0 Å². The second kappa shape index (κ2) is 8.80. The first-order valence-electron chi connectivity index (χ1n) is 9.83. The Bertz CT molecular complexity index is 981. The molecule has 4 rings (SSSR count). The summed E-state index contributed by atoms with van der Waals surface area (Å²) in [6.45, 7) is 3.64. The minimum absolute atomic E-state index is 0.0811. The van der Waals surface area contributed by atoms with Crippen LogP contribution in [0, 0.1) is 0 Å². The third-order valence-corrected chi connectivity index (χ3v) is 5.21. The molecule has 5 heteroatoms. The van der Waals surface area contributed by atoms with Gasteiger partial charge >= 0.3 is 0 Å². The second-order valence-corrected chi connectivity index (χ2v) is 7.13. The molecule has 0 atom stereocenters. The minimum atomic E-state index is -0.122. The van der Waals surface area contributed by atoms with Gasteiger partial charge in [0.1, 0.15) is 0 Å². The van der Waals surface area contributed by atoms with Crippen LogP contribution in [-0.2, 0) is 6.54 Å². The average Bonchev–Trinajstić information content (AvgIpc) is 2.80. The third-order valence-electron chi connectivity index (χ3n) is 5.21. The van der Waals surface area contributed by atoms with Gasteiger partial charge in [0.2, 0.25) is 0 Å². The lowest BCUT2D eigenvalue weighted by molar-refractivity contribution is 0.0624. The Morgan fingerprint density at radius 1 is 0.759 bits per heavy atom. The van der Waals surface area contributed by atoms with E-state index in [-0.39, 0.29) is 11.7 Å². The zero-order chi connectivity index (χ0) is 20.1. The average molecular weight is 385 g/mol. The van der Waals surface area contributed by atoms with Gasteiger partial charge in [0.15, 0.2) is 5.78 Å². The zero-order valence-corrected chi connectivity index (χ0v) is 16.2. The van der Waals surface area contributed by atoms with Crippen LogP contribution in [0.15, 0.2) is 79.0 Å². The van der Waals surface area contributed by atoms with Gasteiger partial charge in [-0.15, -0.1) is 0 Å². The van der Waals surface area contributed by atoms with Crippen LogP contribution in [0.2, 0.25) is 0 Å². The predicted octanol–water partition coefficient (Wildman–Crippen LogP) is 3.27. The van der Waals surface area contributed by atoms with Crippen molar-refractivity contribution in [3.8, 4) is 0 Å². The van der Waals surface area contributed by atoms with E-state index in [2.05, 4.69) is 9.88 Å². The minimum Gasteiger partial charge on any atom is -0.336 e. The number of carbonyl (C=O) groups excluding carboxylic acids is 2.